The van der Waals surface area contributed by atoms with Crippen LogP contribution in [0.2, 0.25) is 0 Å². The zero-order valence-corrected chi connectivity index (χ0v) is 14.5. The predicted molar refractivity (Wildman–Crippen MR) is 97.9 cm³/mol. The van der Waals surface area contributed by atoms with Crippen LogP contribution in [-0.4, -0.2) is 32.3 Å². The monoisotopic (exact) mass is 370 g/mol. The molecule has 124 valence electrons. The number of methoxy groups -OCH3 is 1. The zero-order valence-electron chi connectivity index (χ0n) is 12.8. The zero-order chi connectivity index (χ0) is 17.4. The highest BCUT2D eigenvalue weighted by Crippen LogP contribution is 2.32. The molecular formula is C16H10N4O3S2. The van der Waals surface area contributed by atoms with E-state index < -0.39 is 0 Å². The van der Waals surface area contributed by atoms with Crippen LogP contribution in [0.25, 0.3) is 28.2 Å². The van der Waals surface area contributed by atoms with Gasteiger partial charge in [0.1, 0.15) is 15.7 Å². The van der Waals surface area contributed by atoms with Crippen molar-refractivity contribution in [3.63, 3.8) is 0 Å². The van der Waals surface area contributed by atoms with Gasteiger partial charge in [-0.2, -0.15) is 0 Å². The summed E-state index contributed by atoms with van der Waals surface area (Å²) >= 11 is 6.19. The third kappa shape index (κ3) is 2.99. The van der Waals surface area contributed by atoms with E-state index in [4.69, 9.17) is 21.4 Å². The predicted octanol–water partition coefficient (Wildman–Crippen LogP) is 2.78. The molecule has 0 bridgehead atoms. The average Bonchev–Trinajstić information content (AvgIpc) is 3.17. The van der Waals surface area contributed by atoms with E-state index in [1.54, 1.807) is 30.9 Å². The van der Waals surface area contributed by atoms with Crippen molar-refractivity contribution in [3.8, 4) is 17.1 Å². The molecule has 0 atom stereocenters. The second-order valence-corrected chi connectivity index (χ2v) is 6.78. The van der Waals surface area contributed by atoms with Gasteiger partial charge in [0.15, 0.2) is 0 Å². The van der Waals surface area contributed by atoms with Crippen LogP contribution in [0.3, 0.4) is 0 Å². The highest BCUT2D eigenvalue weighted by atomic mass is 32.2. The number of pyridine rings is 1. The van der Waals surface area contributed by atoms with Crippen molar-refractivity contribution in [2.24, 2.45) is 0 Å². The number of rotatable bonds is 3. The van der Waals surface area contributed by atoms with Crippen molar-refractivity contribution >= 4 is 51.3 Å². The van der Waals surface area contributed by atoms with E-state index in [0.717, 1.165) is 16.5 Å². The number of furan rings is 1. The minimum atomic E-state index is -0.225. The Labute approximate surface area is 151 Å². The Morgan fingerprint density at radius 3 is 2.76 bits per heavy atom. The molecule has 0 saturated carbocycles. The van der Waals surface area contributed by atoms with Crippen LogP contribution >= 0.6 is 24.0 Å². The molecule has 1 saturated heterocycles. The van der Waals surface area contributed by atoms with Crippen molar-refractivity contribution < 1.29 is 13.9 Å². The molecule has 1 aliphatic heterocycles. The van der Waals surface area contributed by atoms with E-state index in [-0.39, 0.29) is 11.9 Å². The van der Waals surface area contributed by atoms with Gasteiger partial charge in [-0.3, -0.25) is 9.78 Å². The number of nitrogens with one attached hydrogen (secondary N) is 1. The molecule has 3 aromatic heterocycles. The molecule has 3 aromatic rings. The number of aromatic nitrogens is 3. The molecule has 0 aliphatic carbocycles. The van der Waals surface area contributed by atoms with Crippen molar-refractivity contribution in [2.75, 3.05) is 7.11 Å². The minimum Gasteiger partial charge on any atom is -0.467 e. The maximum absolute atomic E-state index is 11.8. The van der Waals surface area contributed by atoms with Crippen LogP contribution in [0.5, 0.6) is 6.01 Å². The lowest BCUT2D eigenvalue weighted by atomic mass is 10.1. The smallest absolute Gasteiger partial charge is 0.316 e. The van der Waals surface area contributed by atoms with Gasteiger partial charge in [-0.1, -0.05) is 24.0 Å². The molecule has 4 rings (SSSR count). The summed E-state index contributed by atoms with van der Waals surface area (Å²) in [5, 5.41) is 3.38. The highest BCUT2D eigenvalue weighted by molar-refractivity contribution is 8.26. The summed E-state index contributed by atoms with van der Waals surface area (Å²) in [4.78, 5) is 24.7. The number of hydrogen-bond donors (Lipinski definition) is 1. The van der Waals surface area contributed by atoms with Gasteiger partial charge in [0.25, 0.3) is 5.91 Å². The number of thiocarbonyl (C=S) groups is 1. The molecule has 25 heavy (non-hydrogen) atoms. The van der Waals surface area contributed by atoms with Gasteiger partial charge in [-0.25, -0.2) is 9.97 Å². The Morgan fingerprint density at radius 1 is 1.28 bits per heavy atom. The quantitative estimate of drug-likeness (QED) is 0.556. The van der Waals surface area contributed by atoms with Gasteiger partial charge in [0.2, 0.25) is 0 Å². The summed E-state index contributed by atoms with van der Waals surface area (Å²) in [6.45, 7) is 0. The molecule has 9 heteroatoms. The maximum Gasteiger partial charge on any atom is 0.316 e. The van der Waals surface area contributed by atoms with Gasteiger partial charge in [-0.15, -0.1) is 0 Å². The fourth-order valence-electron chi connectivity index (χ4n) is 2.37. The SMILES string of the molecule is COc1ncc(-c2cncc3cc(C=C4SC(=S)NC4=O)oc23)cn1. The fraction of sp³-hybridized carbons (Fsp3) is 0.0625. The molecular weight excluding hydrogens is 360 g/mol. The van der Waals surface area contributed by atoms with Crippen molar-refractivity contribution in [2.45, 2.75) is 0 Å². The Bertz CT molecular complexity index is 1030. The number of hydrogen-bond acceptors (Lipinski definition) is 8. The van der Waals surface area contributed by atoms with E-state index in [9.17, 15) is 4.79 Å². The van der Waals surface area contributed by atoms with Crippen LogP contribution in [0, 0.1) is 0 Å². The first-order valence-electron chi connectivity index (χ1n) is 7.13. The lowest BCUT2D eigenvalue weighted by Gasteiger charge is -2.02. The van der Waals surface area contributed by atoms with Crippen LogP contribution in [0.1, 0.15) is 5.76 Å². The van der Waals surface area contributed by atoms with E-state index in [1.807, 2.05) is 6.07 Å². The number of thioether (sulfide) groups is 1. The van der Waals surface area contributed by atoms with Gasteiger partial charge >= 0.3 is 6.01 Å². The Hall–Kier alpha value is -2.78. The molecule has 1 aliphatic rings. The first-order chi connectivity index (χ1) is 12.1. The number of ether oxygens (including phenoxy) is 1. The molecule has 1 amide bonds. The summed E-state index contributed by atoms with van der Waals surface area (Å²) in [6.07, 6.45) is 8.32. The van der Waals surface area contributed by atoms with Crippen LogP contribution in [0.15, 0.2) is 40.2 Å². The van der Waals surface area contributed by atoms with Gasteiger partial charge in [0, 0.05) is 47.4 Å². The topological polar surface area (TPSA) is 90.1 Å². The van der Waals surface area contributed by atoms with Crippen molar-refractivity contribution in [3.05, 3.63) is 41.5 Å². The lowest BCUT2D eigenvalue weighted by Crippen LogP contribution is -2.17. The van der Waals surface area contributed by atoms with Gasteiger partial charge < -0.3 is 14.5 Å². The number of fused-ring (bicyclic) bond motifs is 1. The lowest BCUT2D eigenvalue weighted by molar-refractivity contribution is -0.115. The Kier molecular flexibility index (Phi) is 3.94. The molecule has 1 N–H and O–H groups in total. The van der Waals surface area contributed by atoms with E-state index in [2.05, 4.69) is 20.3 Å². The number of carbonyl (C=O) groups excluding carboxylic acids is 1. The normalized spacial score (nSPS) is 15.8. The van der Waals surface area contributed by atoms with Crippen molar-refractivity contribution in [1.29, 1.82) is 0 Å². The van der Waals surface area contributed by atoms with Crippen molar-refractivity contribution in [1.82, 2.24) is 20.3 Å². The summed E-state index contributed by atoms with van der Waals surface area (Å²) in [7, 11) is 1.51. The Balaban J connectivity index is 1.77. The van der Waals surface area contributed by atoms with Gasteiger partial charge in [-0.05, 0) is 6.07 Å². The third-order valence-electron chi connectivity index (χ3n) is 3.48. The Morgan fingerprint density at radius 2 is 2.08 bits per heavy atom. The molecule has 0 aromatic carbocycles. The molecule has 0 radical (unpaired) electrons. The second-order valence-electron chi connectivity index (χ2n) is 5.06. The standard InChI is InChI=1S/C16H10N4O3S2/c1-22-15-18-5-9(6-19-15)11-7-17-4-8-2-10(23-13(8)11)3-12-14(21)20-16(24)25-12/h2-7H,1H3,(H,20,21,24). The fourth-order valence-corrected chi connectivity index (χ4v) is 3.39. The number of carbonyl (C=O) groups is 1. The number of nitrogens with zero attached hydrogens (tertiary/aromatic N) is 3. The molecule has 0 unspecified atom stereocenters. The second kappa shape index (κ2) is 6.26. The molecule has 7 nitrogen and oxygen atoms in total. The summed E-state index contributed by atoms with van der Waals surface area (Å²) in [5.41, 5.74) is 2.15. The summed E-state index contributed by atoms with van der Waals surface area (Å²) in [6, 6.07) is 2.10. The van der Waals surface area contributed by atoms with E-state index in [0.29, 0.717) is 20.6 Å². The van der Waals surface area contributed by atoms with E-state index >= 15 is 0 Å². The van der Waals surface area contributed by atoms with E-state index in [1.165, 1.54) is 18.9 Å². The van der Waals surface area contributed by atoms with Crippen LogP contribution in [0.4, 0.5) is 0 Å². The third-order valence-corrected chi connectivity index (χ3v) is 4.64. The molecule has 0 spiro atoms. The first-order valence-corrected chi connectivity index (χ1v) is 8.35. The molecule has 1 fully saturated rings. The average molecular weight is 370 g/mol. The number of amides is 1. The van der Waals surface area contributed by atoms with Crippen LogP contribution in [-0.2, 0) is 4.79 Å². The molecule has 4 heterocycles. The first kappa shape index (κ1) is 15.7. The maximum atomic E-state index is 11.8. The summed E-state index contributed by atoms with van der Waals surface area (Å²) in [5.74, 6) is 0.318. The largest absolute Gasteiger partial charge is 0.467 e. The highest BCUT2D eigenvalue weighted by Gasteiger charge is 2.23. The minimum absolute atomic E-state index is 0.225. The van der Waals surface area contributed by atoms with Crippen LogP contribution < -0.4 is 10.1 Å². The van der Waals surface area contributed by atoms with Gasteiger partial charge in [0.05, 0.1) is 12.0 Å². The summed E-state index contributed by atoms with van der Waals surface area (Å²) < 4.78 is 11.3.